The van der Waals surface area contributed by atoms with Gasteiger partial charge in [0, 0.05) is 0 Å². The first-order valence-corrected chi connectivity index (χ1v) is 6.34. The summed E-state index contributed by atoms with van der Waals surface area (Å²) in [4.78, 5) is 22.9. The van der Waals surface area contributed by atoms with Crippen LogP contribution in [0.2, 0.25) is 0 Å². The number of ether oxygens (including phenoxy) is 1. The monoisotopic (exact) mass is 271 g/mol. The minimum Gasteiger partial charge on any atom is -0.467 e. The third kappa shape index (κ3) is 4.65. The molecular formula is C13H21NO5. The van der Waals surface area contributed by atoms with Crippen LogP contribution in [0.25, 0.3) is 0 Å². The summed E-state index contributed by atoms with van der Waals surface area (Å²) in [6, 6.07) is -0.747. The maximum absolute atomic E-state index is 11.6. The standard InChI is InChI=1S/C13H21NO5/c1-3-12(17)14-9(13(18)19-2)6-8-4-5-10(15)11(16)7-8/h3,8-11,15-16H,1,4-7H2,2H3,(H,14,17). The Morgan fingerprint density at radius 1 is 1.42 bits per heavy atom. The van der Waals surface area contributed by atoms with Crippen LogP contribution in [0.5, 0.6) is 0 Å². The second kappa shape index (κ2) is 7.25. The molecule has 0 heterocycles. The number of aliphatic hydroxyl groups is 2. The van der Waals surface area contributed by atoms with E-state index in [1.165, 1.54) is 7.11 Å². The molecule has 3 N–H and O–H groups in total. The highest BCUT2D eigenvalue weighted by Gasteiger charge is 2.31. The van der Waals surface area contributed by atoms with Gasteiger partial charge in [-0.25, -0.2) is 4.79 Å². The minimum absolute atomic E-state index is 0.0626. The fourth-order valence-electron chi connectivity index (χ4n) is 2.35. The first-order chi connectivity index (χ1) is 8.97. The highest BCUT2D eigenvalue weighted by Crippen LogP contribution is 2.28. The second-order valence-corrected chi connectivity index (χ2v) is 4.84. The van der Waals surface area contributed by atoms with Crippen molar-refractivity contribution in [1.82, 2.24) is 5.32 Å². The zero-order valence-corrected chi connectivity index (χ0v) is 11.0. The molecule has 6 nitrogen and oxygen atoms in total. The molecular weight excluding hydrogens is 250 g/mol. The second-order valence-electron chi connectivity index (χ2n) is 4.84. The molecule has 6 heteroatoms. The summed E-state index contributed by atoms with van der Waals surface area (Å²) in [7, 11) is 1.26. The van der Waals surface area contributed by atoms with Crippen molar-refractivity contribution >= 4 is 11.9 Å². The molecule has 4 unspecified atom stereocenters. The Labute approximate surface area is 112 Å². The van der Waals surface area contributed by atoms with Crippen molar-refractivity contribution in [2.24, 2.45) is 5.92 Å². The molecule has 0 radical (unpaired) electrons. The third-order valence-corrected chi connectivity index (χ3v) is 3.45. The molecule has 1 amide bonds. The molecule has 1 rings (SSSR count). The number of aliphatic hydroxyl groups excluding tert-OH is 2. The molecule has 0 aromatic rings. The van der Waals surface area contributed by atoms with Crippen LogP contribution in [0.4, 0.5) is 0 Å². The lowest BCUT2D eigenvalue weighted by molar-refractivity contribution is -0.145. The molecule has 19 heavy (non-hydrogen) atoms. The molecule has 1 saturated carbocycles. The van der Waals surface area contributed by atoms with Crippen molar-refractivity contribution in [3.63, 3.8) is 0 Å². The Hall–Kier alpha value is -1.40. The molecule has 0 aromatic carbocycles. The number of nitrogens with one attached hydrogen (secondary N) is 1. The Balaban J connectivity index is 2.59. The van der Waals surface area contributed by atoms with Crippen LogP contribution < -0.4 is 5.32 Å². The van der Waals surface area contributed by atoms with Crippen molar-refractivity contribution in [3.8, 4) is 0 Å². The van der Waals surface area contributed by atoms with E-state index in [2.05, 4.69) is 16.6 Å². The summed E-state index contributed by atoms with van der Waals surface area (Å²) in [5, 5.41) is 21.6. The summed E-state index contributed by atoms with van der Waals surface area (Å²) >= 11 is 0. The smallest absolute Gasteiger partial charge is 0.328 e. The van der Waals surface area contributed by atoms with Gasteiger partial charge in [-0.2, -0.15) is 0 Å². The average molecular weight is 271 g/mol. The Kier molecular flexibility index (Phi) is 5.98. The number of hydrogen-bond acceptors (Lipinski definition) is 5. The molecule has 1 aliphatic rings. The van der Waals surface area contributed by atoms with Gasteiger partial charge in [0.15, 0.2) is 0 Å². The zero-order valence-electron chi connectivity index (χ0n) is 11.0. The maximum Gasteiger partial charge on any atom is 0.328 e. The number of methoxy groups -OCH3 is 1. The van der Waals surface area contributed by atoms with E-state index < -0.39 is 30.1 Å². The van der Waals surface area contributed by atoms with Crippen LogP contribution in [-0.2, 0) is 14.3 Å². The first kappa shape index (κ1) is 15.7. The Morgan fingerprint density at radius 2 is 2.11 bits per heavy atom. The van der Waals surface area contributed by atoms with E-state index in [9.17, 15) is 19.8 Å². The van der Waals surface area contributed by atoms with Gasteiger partial charge in [-0.3, -0.25) is 4.79 Å². The van der Waals surface area contributed by atoms with Crippen molar-refractivity contribution in [2.45, 2.75) is 43.9 Å². The van der Waals surface area contributed by atoms with E-state index >= 15 is 0 Å². The van der Waals surface area contributed by atoms with Crippen LogP contribution in [0.1, 0.15) is 25.7 Å². The summed E-state index contributed by atoms with van der Waals surface area (Å²) in [5.41, 5.74) is 0. The summed E-state index contributed by atoms with van der Waals surface area (Å²) < 4.78 is 4.65. The molecule has 1 fully saturated rings. The van der Waals surface area contributed by atoms with Gasteiger partial charge in [-0.15, -0.1) is 0 Å². The average Bonchev–Trinajstić information content (AvgIpc) is 2.41. The maximum atomic E-state index is 11.6. The molecule has 4 atom stereocenters. The molecule has 0 saturated heterocycles. The van der Waals surface area contributed by atoms with Gasteiger partial charge in [0.05, 0.1) is 19.3 Å². The molecule has 108 valence electrons. The van der Waals surface area contributed by atoms with Crippen molar-refractivity contribution in [3.05, 3.63) is 12.7 Å². The van der Waals surface area contributed by atoms with Crippen LogP contribution >= 0.6 is 0 Å². The predicted octanol–water partition coefficient (Wildman–Crippen LogP) is -0.258. The number of rotatable bonds is 5. The highest BCUT2D eigenvalue weighted by atomic mass is 16.5. The summed E-state index contributed by atoms with van der Waals surface area (Å²) in [6.45, 7) is 3.33. The van der Waals surface area contributed by atoms with Gasteiger partial charge < -0.3 is 20.3 Å². The number of esters is 1. The van der Waals surface area contributed by atoms with E-state index in [-0.39, 0.29) is 5.92 Å². The van der Waals surface area contributed by atoms with E-state index in [1.807, 2.05) is 0 Å². The number of carbonyl (C=O) groups excluding carboxylic acids is 2. The van der Waals surface area contributed by atoms with Crippen molar-refractivity contribution in [1.29, 1.82) is 0 Å². The molecule has 0 bridgehead atoms. The Bertz CT molecular complexity index is 344. The lowest BCUT2D eigenvalue weighted by atomic mass is 9.81. The quantitative estimate of drug-likeness (QED) is 0.473. The normalized spacial score (nSPS) is 28.3. The third-order valence-electron chi connectivity index (χ3n) is 3.45. The van der Waals surface area contributed by atoms with Crippen molar-refractivity contribution in [2.75, 3.05) is 7.11 Å². The number of hydrogen-bond donors (Lipinski definition) is 3. The van der Waals surface area contributed by atoms with E-state index in [4.69, 9.17) is 0 Å². The van der Waals surface area contributed by atoms with Crippen LogP contribution in [0.15, 0.2) is 12.7 Å². The fraction of sp³-hybridized carbons (Fsp3) is 0.692. The van der Waals surface area contributed by atoms with Crippen LogP contribution in [0, 0.1) is 5.92 Å². The van der Waals surface area contributed by atoms with Gasteiger partial charge in [-0.05, 0) is 37.7 Å². The molecule has 0 spiro atoms. The Morgan fingerprint density at radius 3 is 2.63 bits per heavy atom. The van der Waals surface area contributed by atoms with Crippen LogP contribution in [0.3, 0.4) is 0 Å². The van der Waals surface area contributed by atoms with Gasteiger partial charge >= 0.3 is 5.97 Å². The highest BCUT2D eigenvalue weighted by molar-refractivity contribution is 5.91. The zero-order chi connectivity index (χ0) is 14.4. The molecule has 0 aromatic heterocycles. The van der Waals surface area contributed by atoms with Crippen LogP contribution in [-0.4, -0.2) is 47.4 Å². The van der Waals surface area contributed by atoms with Gasteiger partial charge in [0.1, 0.15) is 6.04 Å². The molecule has 1 aliphatic carbocycles. The lowest BCUT2D eigenvalue weighted by Crippen LogP contribution is -2.44. The fourth-order valence-corrected chi connectivity index (χ4v) is 2.35. The van der Waals surface area contributed by atoms with Gasteiger partial charge in [-0.1, -0.05) is 6.58 Å². The predicted molar refractivity (Wildman–Crippen MR) is 68.1 cm³/mol. The van der Waals surface area contributed by atoms with E-state index in [1.54, 1.807) is 0 Å². The lowest BCUT2D eigenvalue weighted by Gasteiger charge is -2.31. The summed E-state index contributed by atoms with van der Waals surface area (Å²) in [6.07, 6.45) is 1.62. The number of amides is 1. The van der Waals surface area contributed by atoms with Gasteiger partial charge in [0.25, 0.3) is 0 Å². The minimum atomic E-state index is -0.771. The SMILES string of the molecule is C=CC(=O)NC(CC1CCC(O)C(O)C1)C(=O)OC. The number of carbonyl (C=O) groups is 2. The largest absolute Gasteiger partial charge is 0.467 e. The topological polar surface area (TPSA) is 95.9 Å². The van der Waals surface area contributed by atoms with Crippen molar-refractivity contribution < 1.29 is 24.5 Å². The molecule has 0 aliphatic heterocycles. The van der Waals surface area contributed by atoms with Gasteiger partial charge in [0.2, 0.25) is 5.91 Å². The van der Waals surface area contributed by atoms with E-state index in [0.717, 1.165) is 6.08 Å². The summed E-state index contributed by atoms with van der Waals surface area (Å²) in [5.74, 6) is -0.893. The van der Waals surface area contributed by atoms with E-state index in [0.29, 0.717) is 25.7 Å². The first-order valence-electron chi connectivity index (χ1n) is 6.34.